The number of aromatic amines is 1. The predicted molar refractivity (Wildman–Crippen MR) is 182 cm³/mol. The number of nitrogens with one attached hydrogen (secondary N) is 2. The van der Waals surface area contributed by atoms with Crippen LogP contribution < -0.4 is 28.0 Å². The van der Waals surface area contributed by atoms with Gasteiger partial charge in [0.05, 0.1) is 18.9 Å². The largest absolute Gasteiger partial charge is 0.445 e. The lowest BCUT2D eigenvalue weighted by Crippen LogP contribution is -2.49. The number of ether oxygens (including phenoxy) is 3. The van der Waals surface area contributed by atoms with Gasteiger partial charge in [0.25, 0.3) is 11.2 Å². The molecule has 15 nitrogen and oxygen atoms in total. The van der Waals surface area contributed by atoms with Crippen LogP contribution in [0, 0.1) is 24.7 Å². The zero-order valence-electron chi connectivity index (χ0n) is 27.1. The number of aliphatic hydroxyl groups excluding tert-OH is 2. The van der Waals surface area contributed by atoms with Crippen LogP contribution in [0.2, 0.25) is 5.02 Å². The first-order valence-corrected chi connectivity index (χ1v) is 17.0. The van der Waals surface area contributed by atoms with Crippen molar-refractivity contribution in [2.75, 3.05) is 30.0 Å². The number of aromatic nitrogens is 4. The summed E-state index contributed by atoms with van der Waals surface area (Å²) in [5.74, 6) is 5.42. The number of alkyl halides is 3. The van der Waals surface area contributed by atoms with Gasteiger partial charge in [-0.2, -0.15) is 18.2 Å². The highest BCUT2D eigenvalue weighted by atomic mass is 35.5. The van der Waals surface area contributed by atoms with Crippen molar-refractivity contribution < 1.29 is 42.4 Å². The summed E-state index contributed by atoms with van der Waals surface area (Å²) in [7, 11) is 0. The minimum Gasteiger partial charge on any atom is -0.415 e. The molecule has 4 aliphatic rings. The highest BCUT2D eigenvalue weighted by Crippen LogP contribution is 2.48. The fourth-order valence-corrected chi connectivity index (χ4v) is 6.01. The number of anilines is 2. The molecule has 0 radical (unpaired) electrons. The van der Waals surface area contributed by atoms with E-state index in [9.17, 15) is 32.3 Å². The second-order valence-corrected chi connectivity index (χ2v) is 13.2. The number of H-pyrrole nitrogens is 1. The number of rotatable bonds is 4. The molecule has 0 bridgehead atoms. The fraction of sp³-hybridized carbons (Fsp3) is 0.406. The van der Waals surface area contributed by atoms with Crippen LogP contribution in [0.4, 0.5) is 29.5 Å². The second-order valence-electron chi connectivity index (χ2n) is 11.6. The number of fused-ring (bicyclic) bond motifs is 1. The number of halogens is 4. The number of carbonyl (C=O) groups is 1. The van der Waals surface area contributed by atoms with Crippen molar-refractivity contribution in [2.24, 2.45) is 5.92 Å². The SMILES string of the molecule is Cc1cn([C@H]2C=C[C@@H](CO)O2)c(=O)[nH]c1=O.Nc1ccn([C@@H]2CS[C@H](CO)O2)c(=O)n1.O=C1Nc2ccc(Cl)cc2[C@@](C#CC2CC2)(C(F)(F)F)O1. The van der Waals surface area contributed by atoms with E-state index < -0.39 is 47.1 Å². The number of aliphatic hydroxyl groups is 2. The van der Waals surface area contributed by atoms with Crippen LogP contribution in [0.15, 0.2) is 63.2 Å². The van der Waals surface area contributed by atoms with Crippen molar-refractivity contribution in [1.82, 2.24) is 19.1 Å². The number of thioether (sulfide) groups is 1. The first-order chi connectivity index (χ1) is 24.6. The van der Waals surface area contributed by atoms with E-state index in [0.29, 0.717) is 11.3 Å². The lowest BCUT2D eigenvalue weighted by atomic mass is 9.90. The van der Waals surface area contributed by atoms with E-state index in [2.05, 4.69) is 31.9 Å². The molecule has 6 N–H and O–H groups in total. The summed E-state index contributed by atoms with van der Waals surface area (Å²) in [4.78, 5) is 51.4. The average Bonchev–Trinajstić information content (AvgIpc) is 3.58. The summed E-state index contributed by atoms with van der Waals surface area (Å²) >= 11 is 7.25. The molecule has 1 saturated heterocycles. The van der Waals surface area contributed by atoms with E-state index in [4.69, 9.17) is 37.0 Å². The maximum Gasteiger partial charge on any atom is 0.445 e. The number of hydrogen-bond donors (Lipinski definition) is 5. The molecule has 5 heterocycles. The second kappa shape index (κ2) is 16.0. The van der Waals surface area contributed by atoms with E-state index in [1.54, 1.807) is 31.3 Å². The molecule has 7 rings (SSSR count). The van der Waals surface area contributed by atoms with Crippen LogP contribution in [0.25, 0.3) is 0 Å². The molecule has 278 valence electrons. The maximum atomic E-state index is 13.6. The standard InChI is InChI=1S/C14H9ClF3NO2.C10H12N2O4.C8H11N3O3S/c15-9-3-4-11-10(7-9)13(14(16,17)18,21-12(20)19-11)6-5-8-1-2-8;1-6-4-12(10(15)11-9(6)14)8-3-2-7(5-13)16-8;9-5-1-2-11(8(13)10-5)6-4-15-7(3-12)14-6/h3-4,7-8H,1-2H2,(H,19,20);2-4,7-8,13H,5H2,1H3,(H,11,14,15);1-2,6-7,12H,3-4H2,(H2,9,10,13)/t13-;7-,8+;6-,7+/m000/s1. The lowest BCUT2D eigenvalue weighted by molar-refractivity contribution is -0.239. The first kappa shape index (κ1) is 38.6. The summed E-state index contributed by atoms with van der Waals surface area (Å²) in [5, 5.41) is 20.1. The Labute approximate surface area is 301 Å². The van der Waals surface area contributed by atoms with E-state index in [-0.39, 0.29) is 52.9 Å². The topological polar surface area (TPSA) is 213 Å². The summed E-state index contributed by atoms with van der Waals surface area (Å²) in [6, 6.07) is 5.35. The number of carbonyl (C=O) groups excluding carboxylic acids is 1. The molecule has 52 heavy (non-hydrogen) atoms. The summed E-state index contributed by atoms with van der Waals surface area (Å²) in [5.41, 5.74) is 0.911. The van der Waals surface area contributed by atoms with Gasteiger partial charge in [0.15, 0.2) is 6.23 Å². The molecular formula is C32H32ClF3N6O9S. The van der Waals surface area contributed by atoms with E-state index in [0.717, 1.165) is 18.9 Å². The summed E-state index contributed by atoms with van der Waals surface area (Å²) in [6.45, 7) is 1.42. The normalized spacial score (nSPS) is 24.6. The van der Waals surface area contributed by atoms with Gasteiger partial charge in [0.2, 0.25) is 0 Å². The van der Waals surface area contributed by atoms with Crippen molar-refractivity contribution >= 4 is 41.0 Å². The highest BCUT2D eigenvalue weighted by Gasteiger charge is 2.62. The van der Waals surface area contributed by atoms with Crippen LogP contribution in [-0.2, 0) is 19.8 Å². The molecule has 0 unspecified atom stereocenters. The molecule has 1 amide bonds. The number of nitrogens with two attached hydrogens (primary N) is 1. The summed E-state index contributed by atoms with van der Waals surface area (Å²) < 4.78 is 58.8. The van der Waals surface area contributed by atoms with Crippen LogP contribution in [-0.4, -0.2) is 72.1 Å². The molecule has 2 aromatic heterocycles. The van der Waals surface area contributed by atoms with Crippen molar-refractivity contribution in [2.45, 2.75) is 55.5 Å². The van der Waals surface area contributed by atoms with Gasteiger partial charge in [0, 0.05) is 40.2 Å². The Balaban J connectivity index is 0.000000154. The number of cyclic esters (lactones) is 1. The zero-order valence-corrected chi connectivity index (χ0v) is 28.7. The molecule has 1 aromatic carbocycles. The Bertz CT molecular complexity index is 2080. The van der Waals surface area contributed by atoms with Crippen molar-refractivity contribution in [3.05, 3.63) is 96.3 Å². The Hall–Kier alpha value is -4.58. The van der Waals surface area contributed by atoms with Crippen molar-refractivity contribution in [1.29, 1.82) is 0 Å². The Morgan fingerprint density at radius 2 is 1.87 bits per heavy atom. The number of benzene rings is 1. The van der Waals surface area contributed by atoms with Gasteiger partial charge in [-0.3, -0.25) is 24.2 Å². The van der Waals surface area contributed by atoms with Gasteiger partial charge < -0.3 is 30.2 Å². The van der Waals surface area contributed by atoms with Gasteiger partial charge in [-0.1, -0.05) is 23.6 Å². The Morgan fingerprint density at radius 3 is 2.48 bits per heavy atom. The third-order valence-corrected chi connectivity index (χ3v) is 9.07. The van der Waals surface area contributed by atoms with Crippen LogP contribution in [0.5, 0.6) is 0 Å². The van der Waals surface area contributed by atoms with Crippen molar-refractivity contribution in [3.8, 4) is 11.8 Å². The van der Waals surface area contributed by atoms with E-state index in [1.807, 2.05) is 0 Å². The molecule has 1 saturated carbocycles. The number of nitrogens with zero attached hydrogens (tertiary/aromatic N) is 3. The minimum absolute atomic E-state index is 0.00179. The molecule has 3 aromatic rings. The molecule has 0 spiro atoms. The maximum absolute atomic E-state index is 13.6. The third-order valence-electron chi connectivity index (χ3n) is 7.72. The zero-order chi connectivity index (χ0) is 37.8. The van der Waals surface area contributed by atoms with Gasteiger partial charge in [0.1, 0.15) is 23.6 Å². The Kier molecular flexibility index (Phi) is 11.9. The smallest absolute Gasteiger partial charge is 0.415 e. The van der Waals surface area contributed by atoms with Gasteiger partial charge in [-0.15, -0.1) is 11.8 Å². The van der Waals surface area contributed by atoms with E-state index in [1.165, 1.54) is 39.2 Å². The van der Waals surface area contributed by atoms with Crippen molar-refractivity contribution in [3.63, 3.8) is 0 Å². The predicted octanol–water partition coefficient (Wildman–Crippen LogP) is 2.77. The quantitative estimate of drug-likeness (QED) is 0.192. The van der Waals surface area contributed by atoms with Crippen LogP contribution in [0.1, 0.15) is 36.4 Å². The van der Waals surface area contributed by atoms with Crippen LogP contribution in [0.3, 0.4) is 0 Å². The van der Waals surface area contributed by atoms with Gasteiger partial charge in [-0.05, 0) is 56.0 Å². The monoisotopic (exact) mass is 768 g/mol. The lowest BCUT2D eigenvalue weighted by Gasteiger charge is -2.35. The molecular weight excluding hydrogens is 737 g/mol. The molecule has 5 atom stereocenters. The number of nitrogen functional groups attached to an aromatic ring is 1. The molecule has 2 fully saturated rings. The van der Waals surface area contributed by atoms with E-state index >= 15 is 0 Å². The molecule has 1 aliphatic carbocycles. The first-order valence-electron chi connectivity index (χ1n) is 15.5. The average molecular weight is 769 g/mol. The highest BCUT2D eigenvalue weighted by molar-refractivity contribution is 8.00. The van der Waals surface area contributed by atoms with Gasteiger partial charge in [-0.25, -0.2) is 14.4 Å². The minimum atomic E-state index is -4.87. The van der Waals surface area contributed by atoms with Crippen LogP contribution >= 0.6 is 23.4 Å². The number of hydrogen-bond acceptors (Lipinski definition) is 12. The molecule has 20 heteroatoms. The molecule has 3 aliphatic heterocycles. The number of amides is 1. The van der Waals surface area contributed by atoms with Gasteiger partial charge >= 0.3 is 23.6 Å². The summed E-state index contributed by atoms with van der Waals surface area (Å²) in [6.07, 6.45) is 0.463. The Morgan fingerprint density at radius 1 is 1.12 bits per heavy atom. The number of aryl methyl sites for hydroxylation is 1. The third kappa shape index (κ3) is 8.89. The fourth-order valence-electron chi connectivity index (χ4n) is 4.91.